The Morgan fingerprint density at radius 2 is 2.19 bits per heavy atom. The summed E-state index contributed by atoms with van der Waals surface area (Å²) in [5.74, 6) is -2.04. The summed E-state index contributed by atoms with van der Waals surface area (Å²) in [7, 11) is 0. The van der Waals surface area contributed by atoms with Crippen molar-refractivity contribution in [2.45, 2.75) is 6.11 Å². The summed E-state index contributed by atoms with van der Waals surface area (Å²) in [4.78, 5) is 15.3. The zero-order valence-corrected chi connectivity index (χ0v) is 12.5. The highest BCUT2D eigenvalue weighted by Crippen LogP contribution is 2.27. The zero-order chi connectivity index (χ0) is 15.5. The number of halogens is 3. The Labute approximate surface area is 130 Å². The molecule has 108 valence electrons. The van der Waals surface area contributed by atoms with Crippen LogP contribution in [0.4, 0.5) is 13.9 Å². The Hall–Kier alpha value is -2.05. The zero-order valence-electron chi connectivity index (χ0n) is 10.1. The fraction of sp³-hybridized carbons (Fsp3) is 0.0833. The van der Waals surface area contributed by atoms with Gasteiger partial charge in [-0.1, -0.05) is 12.1 Å². The quantitative estimate of drug-likeness (QED) is 0.890. The van der Waals surface area contributed by atoms with Crippen molar-refractivity contribution in [3.05, 3.63) is 39.8 Å². The maximum absolute atomic E-state index is 13.7. The normalized spacial score (nSPS) is 10.8. The number of ether oxygens (including phenoxy) is 1. The van der Waals surface area contributed by atoms with Crippen LogP contribution in [0.25, 0.3) is 0 Å². The van der Waals surface area contributed by atoms with Crippen molar-refractivity contribution in [3.63, 3.8) is 0 Å². The van der Waals surface area contributed by atoms with Crippen molar-refractivity contribution in [3.8, 4) is 11.8 Å². The third kappa shape index (κ3) is 3.74. The van der Waals surface area contributed by atoms with Gasteiger partial charge in [0.1, 0.15) is 16.4 Å². The number of nitrogens with zero attached hydrogens (tertiary/aromatic N) is 2. The van der Waals surface area contributed by atoms with Crippen LogP contribution in [0.1, 0.15) is 5.56 Å². The van der Waals surface area contributed by atoms with Crippen LogP contribution in [0, 0.1) is 11.3 Å². The van der Waals surface area contributed by atoms with E-state index in [1.807, 2.05) is 5.32 Å². The molecular formula is C12H6BrF2N3O2S. The number of aromatic nitrogens is 1. The highest BCUT2D eigenvalue weighted by molar-refractivity contribution is 9.10. The van der Waals surface area contributed by atoms with E-state index in [9.17, 15) is 13.6 Å². The molecule has 0 saturated heterocycles. The van der Waals surface area contributed by atoms with Crippen LogP contribution >= 0.6 is 27.3 Å². The van der Waals surface area contributed by atoms with E-state index in [1.165, 1.54) is 29.6 Å². The van der Waals surface area contributed by atoms with Gasteiger partial charge in [0, 0.05) is 5.38 Å². The monoisotopic (exact) mass is 373 g/mol. The van der Waals surface area contributed by atoms with E-state index in [2.05, 4.69) is 25.7 Å². The second kappa shape index (κ2) is 6.15. The first-order chi connectivity index (χ1) is 9.92. The minimum Gasteiger partial charge on any atom is -0.424 e. The number of rotatable bonds is 4. The highest BCUT2D eigenvalue weighted by atomic mass is 79.9. The number of thiazole rings is 1. The summed E-state index contributed by atoms with van der Waals surface area (Å²) < 4.78 is 32.2. The van der Waals surface area contributed by atoms with Gasteiger partial charge >= 0.3 is 12.0 Å². The lowest BCUT2D eigenvalue weighted by atomic mass is 10.2. The van der Waals surface area contributed by atoms with E-state index >= 15 is 0 Å². The molecule has 0 saturated carbocycles. The van der Waals surface area contributed by atoms with Gasteiger partial charge in [0.05, 0.1) is 5.56 Å². The molecule has 0 atom stereocenters. The lowest BCUT2D eigenvalue weighted by Crippen LogP contribution is -2.40. The number of carbonyl (C=O) groups excluding carboxylic acids is 1. The number of hydrogen-bond acceptors (Lipinski definition) is 5. The van der Waals surface area contributed by atoms with Gasteiger partial charge in [0.15, 0.2) is 5.13 Å². The average Bonchev–Trinajstić information content (AvgIpc) is 2.84. The Kier molecular flexibility index (Phi) is 4.50. The lowest BCUT2D eigenvalue weighted by molar-refractivity contribution is -0.187. The Morgan fingerprint density at radius 1 is 1.48 bits per heavy atom. The van der Waals surface area contributed by atoms with Crippen molar-refractivity contribution < 1.29 is 18.3 Å². The second-order valence-corrected chi connectivity index (χ2v) is 5.33. The maximum Gasteiger partial charge on any atom is 0.482 e. The van der Waals surface area contributed by atoms with Crippen LogP contribution in [0.3, 0.4) is 0 Å². The van der Waals surface area contributed by atoms with Crippen molar-refractivity contribution in [1.82, 2.24) is 4.98 Å². The smallest absolute Gasteiger partial charge is 0.424 e. The number of carbonyl (C=O) groups is 1. The van der Waals surface area contributed by atoms with Gasteiger partial charge < -0.3 is 4.74 Å². The molecule has 0 aliphatic carbocycles. The van der Waals surface area contributed by atoms with Gasteiger partial charge in [-0.3, -0.25) is 10.1 Å². The van der Waals surface area contributed by atoms with Crippen LogP contribution in [0.15, 0.2) is 34.2 Å². The molecule has 2 aromatic rings. The maximum atomic E-state index is 13.7. The van der Waals surface area contributed by atoms with E-state index in [0.717, 1.165) is 11.3 Å². The molecule has 0 aliphatic rings. The fourth-order valence-corrected chi connectivity index (χ4v) is 2.45. The largest absolute Gasteiger partial charge is 0.482 e. The summed E-state index contributed by atoms with van der Waals surface area (Å²) in [6, 6.07) is 7.11. The third-order valence-corrected chi connectivity index (χ3v) is 3.67. The molecule has 0 bridgehead atoms. The van der Waals surface area contributed by atoms with E-state index < -0.39 is 12.0 Å². The summed E-state index contributed by atoms with van der Waals surface area (Å²) in [5.41, 5.74) is -0.0954. The van der Waals surface area contributed by atoms with E-state index in [0.29, 0.717) is 4.60 Å². The first-order valence-corrected chi connectivity index (χ1v) is 7.08. The summed E-state index contributed by atoms with van der Waals surface area (Å²) in [6.45, 7) is 0. The molecule has 0 fully saturated rings. The molecule has 1 aromatic heterocycles. The highest BCUT2D eigenvalue weighted by Gasteiger charge is 2.43. The van der Waals surface area contributed by atoms with Gasteiger partial charge in [0.2, 0.25) is 0 Å². The lowest BCUT2D eigenvalue weighted by Gasteiger charge is -2.17. The predicted molar refractivity (Wildman–Crippen MR) is 75.2 cm³/mol. The summed E-state index contributed by atoms with van der Waals surface area (Å²) in [6.07, 6.45) is -4.13. The number of hydrogen-bond donors (Lipinski definition) is 1. The fourth-order valence-electron chi connectivity index (χ4n) is 1.31. The molecule has 2 rings (SSSR count). The number of amides is 1. The van der Waals surface area contributed by atoms with E-state index in [1.54, 1.807) is 6.07 Å². The van der Waals surface area contributed by atoms with Gasteiger partial charge in [-0.25, -0.2) is 4.98 Å². The Balaban J connectivity index is 2.14. The average molecular weight is 374 g/mol. The van der Waals surface area contributed by atoms with Crippen LogP contribution in [0.5, 0.6) is 5.75 Å². The van der Waals surface area contributed by atoms with E-state index in [-0.39, 0.29) is 16.4 Å². The Morgan fingerprint density at radius 3 is 2.81 bits per heavy atom. The molecule has 1 amide bonds. The van der Waals surface area contributed by atoms with Crippen molar-refractivity contribution >= 4 is 38.3 Å². The van der Waals surface area contributed by atoms with Crippen LogP contribution in [-0.4, -0.2) is 17.0 Å². The van der Waals surface area contributed by atoms with Gasteiger partial charge in [-0.05, 0) is 28.1 Å². The number of benzene rings is 1. The molecule has 0 spiro atoms. The number of para-hydroxylation sites is 1. The second-order valence-electron chi connectivity index (χ2n) is 3.66. The molecule has 1 N–H and O–H groups in total. The molecular weight excluding hydrogens is 368 g/mol. The molecule has 9 heteroatoms. The van der Waals surface area contributed by atoms with Crippen LogP contribution in [-0.2, 0) is 4.79 Å². The SMILES string of the molecule is N#Cc1ccccc1OC(F)(F)C(=O)Nc1nc(Br)cs1. The predicted octanol–water partition coefficient (Wildman–Crippen LogP) is 3.39. The van der Waals surface area contributed by atoms with Gasteiger partial charge in [-0.2, -0.15) is 14.0 Å². The van der Waals surface area contributed by atoms with Crippen molar-refractivity contribution in [2.75, 3.05) is 5.32 Å². The number of nitriles is 1. The van der Waals surface area contributed by atoms with Gasteiger partial charge in [0.25, 0.3) is 0 Å². The minimum atomic E-state index is -4.13. The standard InChI is InChI=1S/C12H6BrF2N3O2S/c13-9-6-21-11(17-9)18-10(19)12(14,15)20-8-4-2-1-3-7(8)5-16/h1-4,6H,(H,17,18,19). The molecule has 0 unspecified atom stereocenters. The third-order valence-electron chi connectivity index (χ3n) is 2.21. The molecule has 1 aromatic carbocycles. The molecule has 1 heterocycles. The number of anilines is 1. The summed E-state index contributed by atoms with van der Waals surface area (Å²) in [5, 5.41) is 12.3. The van der Waals surface area contributed by atoms with Crippen molar-refractivity contribution in [1.29, 1.82) is 5.26 Å². The van der Waals surface area contributed by atoms with Crippen molar-refractivity contribution in [2.24, 2.45) is 0 Å². The molecule has 0 radical (unpaired) electrons. The first kappa shape index (κ1) is 15.3. The Bertz CT molecular complexity index is 715. The minimum absolute atomic E-state index is 0.00344. The first-order valence-electron chi connectivity index (χ1n) is 5.41. The molecule has 21 heavy (non-hydrogen) atoms. The van der Waals surface area contributed by atoms with Crippen LogP contribution in [0.2, 0.25) is 0 Å². The van der Waals surface area contributed by atoms with E-state index in [4.69, 9.17) is 5.26 Å². The molecule has 0 aliphatic heterocycles. The number of nitrogens with one attached hydrogen (secondary N) is 1. The van der Waals surface area contributed by atoms with Gasteiger partial charge in [-0.15, -0.1) is 11.3 Å². The molecule has 5 nitrogen and oxygen atoms in total. The van der Waals surface area contributed by atoms with Crippen LogP contribution < -0.4 is 10.1 Å². The number of alkyl halides is 2. The topological polar surface area (TPSA) is 75.0 Å². The summed E-state index contributed by atoms with van der Waals surface area (Å²) >= 11 is 4.02.